The van der Waals surface area contributed by atoms with E-state index in [0.29, 0.717) is 12.4 Å². The highest BCUT2D eigenvalue weighted by Gasteiger charge is 2.33. The van der Waals surface area contributed by atoms with Crippen molar-refractivity contribution in [2.45, 2.75) is 46.8 Å². The third-order valence-electron chi connectivity index (χ3n) is 3.99. The van der Waals surface area contributed by atoms with Gasteiger partial charge in [0.1, 0.15) is 11.8 Å². The van der Waals surface area contributed by atoms with Gasteiger partial charge in [-0.2, -0.15) is 0 Å². The van der Waals surface area contributed by atoms with Crippen molar-refractivity contribution in [2.24, 2.45) is 17.6 Å². The number of carbonyl (C=O) groups excluding carboxylic acids is 4. The number of rotatable bonds is 9. The zero-order valence-electron chi connectivity index (χ0n) is 17.4. The van der Waals surface area contributed by atoms with Gasteiger partial charge < -0.3 is 20.5 Å². The van der Waals surface area contributed by atoms with E-state index in [1.807, 2.05) is 5.32 Å². The molecule has 0 heterocycles. The largest absolute Gasteiger partial charge is 0.493 e. The molecule has 0 fully saturated rings. The van der Waals surface area contributed by atoms with E-state index in [1.165, 1.54) is 0 Å². The van der Waals surface area contributed by atoms with E-state index in [4.69, 9.17) is 15.2 Å². The number of benzene rings is 1. The monoisotopic (exact) mass is 407 g/mol. The number of hydrogen-bond acceptors (Lipinski definition) is 6. The molecule has 9 nitrogen and oxygen atoms in total. The van der Waals surface area contributed by atoms with Crippen molar-refractivity contribution in [3.63, 3.8) is 0 Å². The third kappa shape index (κ3) is 7.10. The topological polar surface area (TPSA) is 137 Å². The van der Waals surface area contributed by atoms with Gasteiger partial charge in [-0.15, -0.1) is 0 Å². The summed E-state index contributed by atoms with van der Waals surface area (Å²) in [4.78, 5) is 48.4. The Morgan fingerprint density at radius 1 is 1.03 bits per heavy atom. The maximum atomic E-state index is 12.7. The Labute approximate surface area is 170 Å². The molecule has 0 radical (unpaired) electrons. The molecule has 4 N–H and O–H groups in total. The second-order valence-corrected chi connectivity index (χ2v) is 7.08. The van der Waals surface area contributed by atoms with Crippen LogP contribution in [0.3, 0.4) is 0 Å². The number of esters is 1. The van der Waals surface area contributed by atoms with Crippen molar-refractivity contribution >= 4 is 23.8 Å². The Morgan fingerprint density at radius 3 is 2.17 bits per heavy atom. The first-order valence-electron chi connectivity index (χ1n) is 9.41. The SMILES string of the molecule is CCOc1ccccc1C(=O)N[C@H](C(=O)O[C@@H](C(=O)NC(N)=O)C(C)C)C(C)C. The van der Waals surface area contributed by atoms with E-state index in [-0.39, 0.29) is 11.5 Å². The summed E-state index contributed by atoms with van der Waals surface area (Å²) in [6.45, 7) is 8.94. The number of carbonyl (C=O) groups is 4. The van der Waals surface area contributed by atoms with Crippen molar-refractivity contribution < 1.29 is 28.7 Å². The molecule has 1 rings (SSSR count). The zero-order chi connectivity index (χ0) is 22.1. The van der Waals surface area contributed by atoms with Gasteiger partial charge in [0.2, 0.25) is 0 Å². The summed E-state index contributed by atoms with van der Waals surface area (Å²) in [5, 5.41) is 4.54. The van der Waals surface area contributed by atoms with E-state index < -0.39 is 41.9 Å². The molecule has 0 bridgehead atoms. The molecule has 0 aliphatic rings. The number of amides is 4. The molecule has 9 heteroatoms. The van der Waals surface area contributed by atoms with E-state index in [2.05, 4.69) is 5.32 Å². The lowest BCUT2D eigenvalue weighted by Crippen LogP contribution is -2.50. The number of para-hydroxylation sites is 1. The first-order chi connectivity index (χ1) is 13.6. The van der Waals surface area contributed by atoms with Gasteiger partial charge in [-0.05, 0) is 30.9 Å². The molecule has 160 valence electrons. The van der Waals surface area contributed by atoms with Crippen LogP contribution in [-0.4, -0.2) is 42.6 Å². The fraction of sp³-hybridized carbons (Fsp3) is 0.500. The second-order valence-electron chi connectivity index (χ2n) is 7.08. The lowest BCUT2D eigenvalue weighted by atomic mass is 10.0. The number of imide groups is 1. The van der Waals surface area contributed by atoms with Crippen LogP contribution in [0.15, 0.2) is 24.3 Å². The number of nitrogens with one attached hydrogen (secondary N) is 2. The molecule has 0 aliphatic heterocycles. The number of nitrogens with two attached hydrogens (primary N) is 1. The second kappa shape index (κ2) is 11.0. The van der Waals surface area contributed by atoms with Crippen LogP contribution in [0.5, 0.6) is 5.75 Å². The number of ether oxygens (including phenoxy) is 2. The molecule has 1 aromatic carbocycles. The number of hydrogen-bond donors (Lipinski definition) is 3. The van der Waals surface area contributed by atoms with E-state index in [9.17, 15) is 19.2 Å². The Balaban J connectivity index is 2.99. The van der Waals surface area contributed by atoms with Crippen LogP contribution in [-0.2, 0) is 14.3 Å². The maximum Gasteiger partial charge on any atom is 0.329 e. The summed E-state index contributed by atoms with van der Waals surface area (Å²) in [5.41, 5.74) is 5.24. The van der Waals surface area contributed by atoms with Gasteiger partial charge in [-0.3, -0.25) is 14.9 Å². The summed E-state index contributed by atoms with van der Waals surface area (Å²) < 4.78 is 10.8. The molecule has 1 aromatic rings. The summed E-state index contributed by atoms with van der Waals surface area (Å²) in [6, 6.07) is 4.60. The number of urea groups is 1. The van der Waals surface area contributed by atoms with Crippen molar-refractivity contribution in [3.8, 4) is 5.75 Å². The van der Waals surface area contributed by atoms with Crippen LogP contribution in [0.2, 0.25) is 0 Å². The molecule has 0 aliphatic carbocycles. The highest BCUT2D eigenvalue weighted by Crippen LogP contribution is 2.19. The molecule has 29 heavy (non-hydrogen) atoms. The lowest BCUT2D eigenvalue weighted by molar-refractivity contribution is -0.161. The molecule has 0 unspecified atom stereocenters. The zero-order valence-corrected chi connectivity index (χ0v) is 17.4. The minimum Gasteiger partial charge on any atom is -0.493 e. The van der Waals surface area contributed by atoms with Crippen molar-refractivity contribution in [2.75, 3.05) is 6.61 Å². The van der Waals surface area contributed by atoms with Crippen molar-refractivity contribution in [1.82, 2.24) is 10.6 Å². The van der Waals surface area contributed by atoms with Crippen LogP contribution >= 0.6 is 0 Å². The van der Waals surface area contributed by atoms with Crippen LogP contribution in [0.1, 0.15) is 45.0 Å². The van der Waals surface area contributed by atoms with Gasteiger partial charge in [0.15, 0.2) is 6.10 Å². The molecule has 2 atom stereocenters. The van der Waals surface area contributed by atoms with Gasteiger partial charge in [0, 0.05) is 0 Å². The van der Waals surface area contributed by atoms with Gasteiger partial charge in [-0.1, -0.05) is 39.8 Å². The van der Waals surface area contributed by atoms with Gasteiger partial charge in [-0.25, -0.2) is 9.59 Å². The van der Waals surface area contributed by atoms with Gasteiger partial charge in [0.05, 0.1) is 12.2 Å². The molecule has 0 aromatic heterocycles. The molecule has 0 saturated carbocycles. The minimum absolute atomic E-state index is 0.277. The third-order valence-corrected chi connectivity index (χ3v) is 3.99. The van der Waals surface area contributed by atoms with Gasteiger partial charge in [0.25, 0.3) is 11.8 Å². The first-order valence-corrected chi connectivity index (χ1v) is 9.41. The minimum atomic E-state index is -1.23. The highest BCUT2D eigenvalue weighted by atomic mass is 16.6. The first kappa shape index (κ1) is 23.9. The Kier molecular flexibility index (Phi) is 9.11. The average Bonchev–Trinajstić information content (AvgIpc) is 2.63. The van der Waals surface area contributed by atoms with E-state index >= 15 is 0 Å². The van der Waals surface area contributed by atoms with E-state index in [0.717, 1.165) is 0 Å². The van der Waals surface area contributed by atoms with Crippen LogP contribution in [0.25, 0.3) is 0 Å². The molecule has 4 amide bonds. The normalized spacial score (nSPS) is 12.8. The van der Waals surface area contributed by atoms with Crippen LogP contribution < -0.4 is 21.1 Å². The summed E-state index contributed by atoms with van der Waals surface area (Å²) in [6.07, 6.45) is -1.23. The standard InChI is InChI=1S/C20H29N3O6/c1-6-28-14-10-8-7-9-13(14)17(24)22-15(11(2)3)19(26)29-16(12(4)5)18(25)23-20(21)27/h7-12,15-16H,6H2,1-5H3,(H,22,24)(H3,21,23,25,27)/t15-,16+/m0/s1. The Morgan fingerprint density at radius 2 is 1.66 bits per heavy atom. The maximum absolute atomic E-state index is 12.7. The lowest BCUT2D eigenvalue weighted by Gasteiger charge is -2.26. The van der Waals surface area contributed by atoms with Crippen LogP contribution in [0, 0.1) is 11.8 Å². The summed E-state index contributed by atoms with van der Waals surface area (Å²) in [5.74, 6) is -2.47. The van der Waals surface area contributed by atoms with E-state index in [1.54, 1.807) is 58.9 Å². The smallest absolute Gasteiger partial charge is 0.329 e. The van der Waals surface area contributed by atoms with Crippen molar-refractivity contribution in [3.05, 3.63) is 29.8 Å². The van der Waals surface area contributed by atoms with Crippen LogP contribution in [0.4, 0.5) is 4.79 Å². The predicted octanol–water partition coefficient (Wildman–Crippen LogP) is 1.60. The van der Waals surface area contributed by atoms with Gasteiger partial charge >= 0.3 is 12.0 Å². The predicted molar refractivity (Wildman–Crippen MR) is 106 cm³/mol. The summed E-state index contributed by atoms with van der Waals surface area (Å²) in [7, 11) is 0. The van der Waals surface area contributed by atoms with Crippen molar-refractivity contribution in [1.29, 1.82) is 0 Å². The fourth-order valence-electron chi connectivity index (χ4n) is 2.54. The molecular formula is C20H29N3O6. The quantitative estimate of drug-likeness (QED) is 0.532. The molecule has 0 saturated heterocycles. The average molecular weight is 407 g/mol. The fourth-order valence-corrected chi connectivity index (χ4v) is 2.54. The molecular weight excluding hydrogens is 378 g/mol. The molecule has 0 spiro atoms. The Hall–Kier alpha value is -3.10. The number of primary amides is 1. The Bertz CT molecular complexity index is 747. The summed E-state index contributed by atoms with van der Waals surface area (Å²) >= 11 is 0. The highest BCUT2D eigenvalue weighted by molar-refractivity contribution is 6.00.